The van der Waals surface area contributed by atoms with Crippen LogP contribution in [0.2, 0.25) is 0 Å². The lowest BCUT2D eigenvalue weighted by molar-refractivity contribution is 0.0606. The lowest BCUT2D eigenvalue weighted by Gasteiger charge is -2.29. The Kier molecular flexibility index (Phi) is 4.37. The van der Waals surface area contributed by atoms with E-state index in [9.17, 15) is 9.90 Å². The molecule has 4 nitrogen and oxygen atoms in total. The number of hydrogen-bond donors (Lipinski definition) is 1. The molecule has 0 radical (unpaired) electrons. The van der Waals surface area contributed by atoms with Crippen LogP contribution in [-0.4, -0.2) is 42.3 Å². The van der Waals surface area contributed by atoms with Crippen molar-refractivity contribution >= 4 is 17.3 Å². The van der Waals surface area contributed by atoms with Gasteiger partial charge in [-0.05, 0) is 31.4 Å². The summed E-state index contributed by atoms with van der Waals surface area (Å²) in [4.78, 5) is 15.6. The molecule has 5 heteroatoms. The summed E-state index contributed by atoms with van der Waals surface area (Å²) in [6.45, 7) is 4.73. The molecule has 0 amide bonds. The number of nitrogens with zero attached hydrogens (tertiary/aromatic N) is 1. The van der Waals surface area contributed by atoms with Gasteiger partial charge in [0, 0.05) is 24.5 Å². The van der Waals surface area contributed by atoms with Crippen LogP contribution in [0.15, 0.2) is 6.07 Å². The second-order valence-corrected chi connectivity index (χ2v) is 5.95. The lowest BCUT2D eigenvalue weighted by Crippen LogP contribution is -2.35. The quantitative estimate of drug-likeness (QED) is 0.850. The molecule has 18 heavy (non-hydrogen) atoms. The third-order valence-electron chi connectivity index (χ3n) is 3.36. The third-order valence-corrected chi connectivity index (χ3v) is 4.43. The number of esters is 1. The smallest absolute Gasteiger partial charge is 0.348 e. The zero-order valence-electron chi connectivity index (χ0n) is 10.8. The number of likely N-dealkylation sites (tertiary alicyclic amines) is 1. The van der Waals surface area contributed by atoms with Gasteiger partial charge in [-0.15, -0.1) is 11.3 Å². The molecule has 1 aliphatic rings. The monoisotopic (exact) mass is 269 g/mol. The Morgan fingerprint density at radius 3 is 2.83 bits per heavy atom. The summed E-state index contributed by atoms with van der Waals surface area (Å²) in [6.07, 6.45) is 1.54. The molecular weight excluding hydrogens is 250 g/mol. The van der Waals surface area contributed by atoms with E-state index >= 15 is 0 Å². The fourth-order valence-electron chi connectivity index (χ4n) is 2.20. The van der Waals surface area contributed by atoms with E-state index in [1.54, 1.807) is 0 Å². The molecule has 2 heterocycles. The van der Waals surface area contributed by atoms with Crippen molar-refractivity contribution in [2.24, 2.45) is 0 Å². The first-order valence-electron chi connectivity index (χ1n) is 6.18. The van der Waals surface area contributed by atoms with Crippen molar-refractivity contribution in [1.29, 1.82) is 0 Å². The summed E-state index contributed by atoms with van der Waals surface area (Å²) in [7, 11) is 1.41. The number of rotatable bonds is 3. The van der Waals surface area contributed by atoms with Gasteiger partial charge in [0.25, 0.3) is 0 Å². The molecule has 0 atom stereocenters. The molecule has 1 aromatic rings. The average Bonchev–Trinajstić information content (AvgIpc) is 2.73. The molecule has 1 aliphatic heterocycles. The Labute approximate surface area is 111 Å². The van der Waals surface area contributed by atoms with Crippen LogP contribution < -0.4 is 0 Å². The number of thiophene rings is 1. The van der Waals surface area contributed by atoms with Gasteiger partial charge in [0.1, 0.15) is 4.88 Å². The Hall–Kier alpha value is -0.910. The minimum Gasteiger partial charge on any atom is -0.465 e. The van der Waals surface area contributed by atoms with E-state index in [0.717, 1.165) is 32.5 Å². The van der Waals surface area contributed by atoms with Gasteiger partial charge >= 0.3 is 5.97 Å². The van der Waals surface area contributed by atoms with Crippen LogP contribution in [0.3, 0.4) is 0 Å². The number of carbonyl (C=O) groups excluding carboxylic acids is 1. The molecule has 1 aromatic heterocycles. The standard InChI is InChI=1S/C13H19NO3S/c1-9-10(7-12(18-9)13(16)17-2)8-14-5-3-11(15)4-6-14/h7,11,15H,3-6,8H2,1-2H3. The van der Waals surface area contributed by atoms with Gasteiger partial charge < -0.3 is 9.84 Å². The number of carbonyl (C=O) groups is 1. The molecule has 0 spiro atoms. The normalized spacial score (nSPS) is 17.9. The number of ether oxygens (including phenoxy) is 1. The first-order chi connectivity index (χ1) is 8.60. The number of methoxy groups -OCH3 is 1. The summed E-state index contributed by atoms with van der Waals surface area (Å²) in [6, 6.07) is 1.93. The van der Waals surface area contributed by atoms with Crippen molar-refractivity contribution in [1.82, 2.24) is 4.90 Å². The van der Waals surface area contributed by atoms with Crippen molar-refractivity contribution in [3.63, 3.8) is 0 Å². The Bertz CT molecular complexity index is 422. The van der Waals surface area contributed by atoms with Gasteiger partial charge in [0.15, 0.2) is 0 Å². The van der Waals surface area contributed by atoms with E-state index in [1.165, 1.54) is 28.9 Å². The minimum absolute atomic E-state index is 0.143. The van der Waals surface area contributed by atoms with Crippen LogP contribution in [0.4, 0.5) is 0 Å². The Morgan fingerprint density at radius 2 is 2.22 bits per heavy atom. The summed E-state index contributed by atoms with van der Waals surface area (Å²) in [5.41, 5.74) is 1.19. The number of aryl methyl sites for hydroxylation is 1. The number of hydrogen-bond acceptors (Lipinski definition) is 5. The zero-order valence-corrected chi connectivity index (χ0v) is 11.6. The van der Waals surface area contributed by atoms with Crippen LogP contribution in [0.1, 0.15) is 33.0 Å². The van der Waals surface area contributed by atoms with E-state index < -0.39 is 0 Å². The van der Waals surface area contributed by atoms with Crippen LogP contribution in [0.25, 0.3) is 0 Å². The molecule has 2 rings (SSSR count). The molecular formula is C13H19NO3S. The van der Waals surface area contributed by atoms with Crippen molar-refractivity contribution in [2.45, 2.75) is 32.4 Å². The van der Waals surface area contributed by atoms with Crippen molar-refractivity contribution < 1.29 is 14.6 Å². The molecule has 0 saturated carbocycles. The van der Waals surface area contributed by atoms with Crippen LogP contribution in [0.5, 0.6) is 0 Å². The Balaban J connectivity index is 2.01. The maximum atomic E-state index is 11.5. The molecule has 1 fully saturated rings. The minimum atomic E-state index is -0.261. The predicted octanol–water partition coefficient (Wildman–Crippen LogP) is 1.80. The average molecular weight is 269 g/mol. The van der Waals surface area contributed by atoms with Crippen LogP contribution >= 0.6 is 11.3 Å². The zero-order chi connectivity index (χ0) is 13.1. The molecule has 0 aliphatic carbocycles. The first-order valence-corrected chi connectivity index (χ1v) is 7.00. The first kappa shape index (κ1) is 13.5. The van der Waals surface area contributed by atoms with E-state index in [0.29, 0.717) is 4.88 Å². The molecule has 0 unspecified atom stereocenters. The van der Waals surface area contributed by atoms with Gasteiger partial charge in [-0.1, -0.05) is 0 Å². The highest BCUT2D eigenvalue weighted by molar-refractivity contribution is 7.14. The largest absolute Gasteiger partial charge is 0.465 e. The molecule has 0 bridgehead atoms. The summed E-state index contributed by atoms with van der Waals surface area (Å²) in [5, 5.41) is 9.47. The van der Waals surface area contributed by atoms with E-state index in [1.807, 2.05) is 13.0 Å². The van der Waals surface area contributed by atoms with Crippen molar-refractivity contribution in [3.8, 4) is 0 Å². The van der Waals surface area contributed by atoms with E-state index in [2.05, 4.69) is 4.90 Å². The second kappa shape index (κ2) is 5.82. The summed E-state index contributed by atoms with van der Waals surface area (Å²) in [5.74, 6) is -0.261. The molecule has 100 valence electrons. The molecule has 0 aromatic carbocycles. The number of aliphatic hydroxyl groups excluding tert-OH is 1. The van der Waals surface area contributed by atoms with Gasteiger partial charge in [-0.2, -0.15) is 0 Å². The fraction of sp³-hybridized carbons (Fsp3) is 0.615. The Morgan fingerprint density at radius 1 is 1.56 bits per heavy atom. The fourth-order valence-corrected chi connectivity index (χ4v) is 3.15. The third kappa shape index (κ3) is 3.10. The SMILES string of the molecule is COC(=O)c1cc(CN2CCC(O)CC2)c(C)s1. The molecule has 1 N–H and O–H groups in total. The van der Waals surface area contributed by atoms with Crippen molar-refractivity contribution in [3.05, 3.63) is 21.4 Å². The van der Waals surface area contributed by atoms with Gasteiger partial charge in [-0.25, -0.2) is 4.79 Å². The molecule has 1 saturated heterocycles. The maximum absolute atomic E-state index is 11.5. The highest BCUT2D eigenvalue weighted by Crippen LogP contribution is 2.24. The number of piperidine rings is 1. The van der Waals surface area contributed by atoms with E-state index in [-0.39, 0.29) is 12.1 Å². The summed E-state index contributed by atoms with van der Waals surface area (Å²) < 4.78 is 4.73. The van der Waals surface area contributed by atoms with Crippen LogP contribution in [0, 0.1) is 6.92 Å². The lowest BCUT2D eigenvalue weighted by atomic mass is 10.1. The summed E-state index contributed by atoms with van der Waals surface area (Å²) >= 11 is 1.49. The van der Waals surface area contributed by atoms with Gasteiger partial charge in [0.2, 0.25) is 0 Å². The van der Waals surface area contributed by atoms with Crippen molar-refractivity contribution in [2.75, 3.05) is 20.2 Å². The van der Waals surface area contributed by atoms with Gasteiger partial charge in [-0.3, -0.25) is 4.90 Å². The maximum Gasteiger partial charge on any atom is 0.348 e. The highest BCUT2D eigenvalue weighted by atomic mass is 32.1. The van der Waals surface area contributed by atoms with Crippen LogP contribution in [-0.2, 0) is 11.3 Å². The second-order valence-electron chi connectivity index (χ2n) is 4.69. The van der Waals surface area contributed by atoms with Gasteiger partial charge in [0.05, 0.1) is 13.2 Å². The number of aliphatic hydroxyl groups is 1. The van der Waals surface area contributed by atoms with E-state index in [4.69, 9.17) is 4.74 Å². The highest BCUT2D eigenvalue weighted by Gasteiger charge is 2.19. The predicted molar refractivity (Wildman–Crippen MR) is 70.9 cm³/mol. The topological polar surface area (TPSA) is 49.8 Å².